The van der Waals surface area contributed by atoms with Gasteiger partial charge >= 0.3 is 6.18 Å². The zero-order valence-electron chi connectivity index (χ0n) is 14.2. The monoisotopic (exact) mass is 376 g/mol. The summed E-state index contributed by atoms with van der Waals surface area (Å²) in [5.74, 6) is -0.326. The van der Waals surface area contributed by atoms with E-state index >= 15 is 0 Å². The summed E-state index contributed by atoms with van der Waals surface area (Å²) in [7, 11) is 1.99. The molecule has 1 amide bonds. The van der Waals surface area contributed by atoms with Crippen LogP contribution in [0.1, 0.15) is 41.6 Å². The van der Waals surface area contributed by atoms with Crippen molar-refractivity contribution in [3.8, 4) is 0 Å². The minimum Gasteiger partial charge on any atom is -0.348 e. The molecule has 0 unspecified atom stereocenters. The Morgan fingerprint density at radius 1 is 1.28 bits per heavy atom. The number of likely N-dealkylation sites (N-methyl/N-ethyl adjacent to an activating group) is 1. The zero-order chi connectivity index (χ0) is 17.7. The molecule has 0 bridgehead atoms. The Morgan fingerprint density at radius 3 is 2.44 bits per heavy atom. The Kier molecular flexibility index (Phi) is 7.96. The van der Waals surface area contributed by atoms with Crippen molar-refractivity contribution in [3.05, 3.63) is 48.0 Å². The van der Waals surface area contributed by atoms with E-state index in [9.17, 15) is 18.0 Å². The molecule has 2 atom stereocenters. The van der Waals surface area contributed by atoms with Gasteiger partial charge in [0, 0.05) is 24.2 Å². The van der Waals surface area contributed by atoms with E-state index < -0.39 is 11.7 Å². The predicted molar refractivity (Wildman–Crippen MR) is 95.0 cm³/mol. The maximum absolute atomic E-state index is 12.6. The van der Waals surface area contributed by atoms with Crippen LogP contribution in [0, 0.1) is 0 Å². The number of amides is 1. The number of nitrogens with zero attached hydrogens (tertiary/aromatic N) is 1. The Morgan fingerprint density at radius 2 is 1.88 bits per heavy atom. The van der Waals surface area contributed by atoms with Gasteiger partial charge in [0.05, 0.1) is 5.56 Å². The average molecular weight is 377 g/mol. The molecule has 0 aliphatic heterocycles. The smallest absolute Gasteiger partial charge is 0.348 e. The first kappa shape index (κ1) is 21.5. The first-order valence-corrected chi connectivity index (χ1v) is 8.12. The quantitative estimate of drug-likeness (QED) is 0.778. The van der Waals surface area contributed by atoms with Gasteiger partial charge < -0.3 is 5.32 Å². The summed E-state index contributed by atoms with van der Waals surface area (Å²) >= 11 is 0. The molecular formula is C18H24ClF3N2O. The van der Waals surface area contributed by atoms with Gasteiger partial charge in [0.1, 0.15) is 0 Å². The molecule has 0 saturated heterocycles. The molecule has 3 nitrogen and oxygen atoms in total. The highest BCUT2D eigenvalue weighted by atomic mass is 35.5. The Balaban J connectivity index is 0.00000312. The molecule has 25 heavy (non-hydrogen) atoms. The minimum atomic E-state index is -4.39. The fourth-order valence-corrected chi connectivity index (χ4v) is 3.21. The topological polar surface area (TPSA) is 32.3 Å². The SMILES string of the molecule is C=CCN(C)[C@@H]1CCCC[C@H]1NC(=O)c1ccc(C(F)(F)F)cc1.Cl. The molecule has 1 aliphatic carbocycles. The highest BCUT2D eigenvalue weighted by Crippen LogP contribution is 2.29. The van der Waals surface area contributed by atoms with Crippen LogP contribution in [0.5, 0.6) is 0 Å². The molecule has 0 spiro atoms. The standard InChI is InChI=1S/C18H23F3N2O.ClH/c1-3-12-23(2)16-7-5-4-6-15(16)22-17(24)13-8-10-14(11-9-13)18(19,20)21;/h3,8-11,15-16H,1,4-7,12H2,2H3,(H,22,24);1H/t15-,16-;/m1./s1. The number of hydrogen-bond acceptors (Lipinski definition) is 2. The number of carbonyl (C=O) groups is 1. The van der Waals surface area contributed by atoms with Crippen LogP contribution in [0.2, 0.25) is 0 Å². The minimum absolute atomic E-state index is 0. The molecule has 0 aromatic heterocycles. The van der Waals surface area contributed by atoms with Gasteiger partial charge in [-0.1, -0.05) is 18.9 Å². The van der Waals surface area contributed by atoms with E-state index in [4.69, 9.17) is 0 Å². The summed E-state index contributed by atoms with van der Waals surface area (Å²) in [4.78, 5) is 14.5. The van der Waals surface area contributed by atoms with Crippen molar-refractivity contribution < 1.29 is 18.0 Å². The highest BCUT2D eigenvalue weighted by molar-refractivity contribution is 5.94. The van der Waals surface area contributed by atoms with Crippen LogP contribution in [-0.2, 0) is 6.18 Å². The molecule has 1 saturated carbocycles. The first-order chi connectivity index (χ1) is 11.3. The van der Waals surface area contributed by atoms with E-state index in [-0.39, 0.29) is 36.0 Å². The van der Waals surface area contributed by atoms with Gasteiger partial charge in [-0.2, -0.15) is 13.2 Å². The second-order valence-corrected chi connectivity index (χ2v) is 6.24. The predicted octanol–water partition coefficient (Wildman–Crippen LogP) is 4.29. The third kappa shape index (κ3) is 5.75. The molecule has 1 N–H and O–H groups in total. The van der Waals surface area contributed by atoms with Crippen LogP contribution in [0.25, 0.3) is 0 Å². The van der Waals surface area contributed by atoms with Crippen LogP contribution >= 0.6 is 12.4 Å². The molecular weight excluding hydrogens is 353 g/mol. The second-order valence-electron chi connectivity index (χ2n) is 6.24. The number of rotatable bonds is 5. The van der Waals surface area contributed by atoms with Crippen molar-refractivity contribution in [1.29, 1.82) is 0 Å². The van der Waals surface area contributed by atoms with E-state index in [0.717, 1.165) is 44.4 Å². The Labute approximate surface area is 152 Å². The molecule has 1 aromatic rings. The van der Waals surface area contributed by atoms with Crippen molar-refractivity contribution in [3.63, 3.8) is 0 Å². The van der Waals surface area contributed by atoms with Crippen molar-refractivity contribution in [2.45, 2.75) is 43.9 Å². The molecule has 0 heterocycles. The average Bonchev–Trinajstić information content (AvgIpc) is 2.55. The van der Waals surface area contributed by atoms with E-state index in [2.05, 4.69) is 16.8 Å². The fraction of sp³-hybridized carbons (Fsp3) is 0.500. The van der Waals surface area contributed by atoms with Gasteiger partial charge in [0.2, 0.25) is 0 Å². The lowest BCUT2D eigenvalue weighted by Crippen LogP contribution is -2.52. The van der Waals surface area contributed by atoms with Crippen molar-refractivity contribution in [1.82, 2.24) is 10.2 Å². The third-order valence-electron chi connectivity index (χ3n) is 4.50. The molecule has 7 heteroatoms. The number of nitrogens with one attached hydrogen (secondary N) is 1. The van der Waals surface area contributed by atoms with Gasteiger partial charge in [-0.3, -0.25) is 9.69 Å². The zero-order valence-corrected chi connectivity index (χ0v) is 15.0. The number of alkyl halides is 3. The Bertz CT molecular complexity index is 575. The number of carbonyl (C=O) groups excluding carboxylic acids is 1. The van der Waals surface area contributed by atoms with E-state index in [0.29, 0.717) is 0 Å². The van der Waals surface area contributed by atoms with Gasteiger partial charge in [0.15, 0.2) is 0 Å². The van der Waals surface area contributed by atoms with Crippen LogP contribution in [0.3, 0.4) is 0 Å². The van der Waals surface area contributed by atoms with Crippen LogP contribution in [0.4, 0.5) is 13.2 Å². The summed E-state index contributed by atoms with van der Waals surface area (Å²) in [6, 6.07) is 4.55. The summed E-state index contributed by atoms with van der Waals surface area (Å²) < 4.78 is 37.8. The van der Waals surface area contributed by atoms with Crippen LogP contribution in [0.15, 0.2) is 36.9 Å². The molecule has 140 valence electrons. The molecule has 1 aliphatic rings. The van der Waals surface area contributed by atoms with Crippen molar-refractivity contribution in [2.75, 3.05) is 13.6 Å². The molecule has 0 radical (unpaired) electrons. The maximum atomic E-state index is 12.6. The first-order valence-electron chi connectivity index (χ1n) is 8.12. The lowest BCUT2D eigenvalue weighted by molar-refractivity contribution is -0.137. The largest absolute Gasteiger partial charge is 0.416 e. The third-order valence-corrected chi connectivity index (χ3v) is 4.50. The van der Waals surface area contributed by atoms with Gasteiger partial charge in [-0.25, -0.2) is 0 Å². The van der Waals surface area contributed by atoms with E-state index in [1.165, 1.54) is 12.1 Å². The maximum Gasteiger partial charge on any atom is 0.416 e. The Hall–Kier alpha value is -1.53. The van der Waals surface area contributed by atoms with Gasteiger partial charge in [-0.15, -0.1) is 19.0 Å². The second kappa shape index (κ2) is 9.25. The summed E-state index contributed by atoms with van der Waals surface area (Å²) in [5, 5.41) is 2.99. The number of hydrogen-bond donors (Lipinski definition) is 1. The lowest BCUT2D eigenvalue weighted by Gasteiger charge is -2.38. The van der Waals surface area contributed by atoms with Gasteiger partial charge in [0.25, 0.3) is 5.91 Å². The normalized spacial score (nSPS) is 20.7. The molecule has 1 fully saturated rings. The lowest BCUT2D eigenvalue weighted by atomic mass is 9.89. The van der Waals surface area contributed by atoms with Crippen LogP contribution in [-0.4, -0.2) is 36.5 Å². The highest BCUT2D eigenvalue weighted by Gasteiger charge is 2.31. The molecule has 1 aromatic carbocycles. The van der Waals surface area contributed by atoms with Crippen LogP contribution < -0.4 is 5.32 Å². The number of halogens is 4. The summed E-state index contributed by atoms with van der Waals surface area (Å²) in [5.41, 5.74) is -0.501. The summed E-state index contributed by atoms with van der Waals surface area (Å²) in [6.45, 7) is 4.47. The van der Waals surface area contributed by atoms with E-state index in [1.54, 1.807) is 0 Å². The molecule has 2 rings (SSSR count). The van der Waals surface area contributed by atoms with Crippen molar-refractivity contribution >= 4 is 18.3 Å². The fourth-order valence-electron chi connectivity index (χ4n) is 3.21. The van der Waals surface area contributed by atoms with Gasteiger partial charge in [-0.05, 0) is 44.2 Å². The van der Waals surface area contributed by atoms with E-state index in [1.807, 2.05) is 13.1 Å². The summed E-state index contributed by atoms with van der Waals surface area (Å²) in [6.07, 6.45) is 1.44. The number of benzene rings is 1. The van der Waals surface area contributed by atoms with Crippen molar-refractivity contribution in [2.24, 2.45) is 0 Å².